The number of alkyl carbamates (subject to hydrolysis) is 1. The molecule has 7 atom stereocenters. The summed E-state index contributed by atoms with van der Waals surface area (Å²) in [6.07, 6.45) is 3.01. The van der Waals surface area contributed by atoms with Gasteiger partial charge < -0.3 is 30.0 Å². The lowest BCUT2D eigenvalue weighted by Crippen LogP contribution is -2.65. The van der Waals surface area contributed by atoms with Crippen LogP contribution in [0, 0.1) is 35.0 Å². The zero-order valence-corrected chi connectivity index (χ0v) is 28.9. The highest BCUT2D eigenvalue weighted by atomic mass is 16.7. The van der Waals surface area contributed by atoms with Crippen molar-refractivity contribution in [1.29, 1.82) is 0 Å². The topological polar surface area (TPSA) is 115 Å². The fourth-order valence-corrected chi connectivity index (χ4v) is 7.69. The first-order valence-electron chi connectivity index (χ1n) is 17.0. The molecule has 250 valence electrons. The van der Waals surface area contributed by atoms with E-state index in [9.17, 15) is 14.4 Å². The van der Waals surface area contributed by atoms with Crippen LogP contribution >= 0.6 is 0 Å². The minimum Gasteiger partial charge on any atom is -0.445 e. The van der Waals surface area contributed by atoms with Gasteiger partial charge in [-0.3, -0.25) is 9.59 Å². The van der Waals surface area contributed by atoms with Crippen LogP contribution in [0.4, 0.5) is 4.79 Å². The third-order valence-electron chi connectivity index (χ3n) is 10.2. The van der Waals surface area contributed by atoms with Gasteiger partial charge in [-0.2, -0.15) is 0 Å². The van der Waals surface area contributed by atoms with E-state index in [1.165, 1.54) is 0 Å². The van der Waals surface area contributed by atoms with Gasteiger partial charge in [0.2, 0.25) is 11.8 Å². The number of carbonyl (C=O) groups is 3. The number of benzene rings is 1. The van der Waals surface area contributed by atoms with E-state index in [4.69, 9.17) is 14.0 Å². The van der Waals surface area contributed by atoms with Gasteiger partial charge >= 0.3 is 13.2 Å². The molecule has 1 aromatic rings. The second-order valence-electron chi connectivity index (χ2n) is 15.7. The molecule has 1 heterocycles. The molecule has 5 rings (SSSR count). The predicted octanol–water partition coefficient (Wildman–Crippen LogP) is 5.66. The van der Waals surface area contributed by atoms with Crippen molar-refractivity contribution in [3.63, 3.8) is 0 Å². The van der Waals surface area contributed by atoms with Crippen molar-refractivity contribution in [2.45, 2.75) is 131 Å². The number of ether oxygens (including phenoxy) is 1. The van der Waals surface area contributed by atoms with Gasteiger partial charge in [0.05, 0.1) is 17.6 Å². The van der Waals surface area contributed by atoms with Crippen molar-refractivity contribution in [1.82, 2.24) is 16.0 Å². The molecule has 4 fully saturated rings. The summed E-state index contributed by atoms with van der Waals surface area (Å²) in [6, 6.07) is 7.75. The Balaban J connectivity index is 1.43. The number of hydrogen-bond donors (Lipinski definition) is 3. The fraction of sp³-hybridized carbons (Fsp3) is 0.743. The number of amides is 3. The summed E-state index contributed by atoms with van der Waals surface area (Å²) in [4.78, 5) is 40.2. The smallest absolute Gasteiger partial charge is 0.445 e. The number of nitrogens with one attached hydrogen (secondary N) is 3. The van der Waals surface area contributed by atoms with E-state index in [0.29, 0.717) is 37.0 Å². The monoisotopic (exact) mass is 625 g/mol. The maximum absolute atomic E-state index is 13.9. The van der Waals surface area contributed by atoms with Gasteiger partial charge in [-0.15, -0.1) is 0 Å². The summed E-state index contributed by atoms with van der Waals surface area (Å²) >= 11 is 0. The number of rotatable bonds is 14. The lowest BCUT2D eigenvalue weighted by molar-refractivity contribution is -0.199. The summed E-state index contributed by atoms with van der Waals surface area (Å²) < 4.78 is 18.7. The van der Waals surface area contributed by atoms with Crippen molar-refractivity contribution < 1.29 is 28.4 Å². The van der Waals surface area contributed by atoms with Crippen LogP contribution in [0.2, 0.25) is 0 Å². The average Bonchev–Trinajstić information content (AvgIpc) is 3.32. The zero-order chi connectivity index (χ0) is 33.1. The lowest BCUT2D eigenvalue weighted by Gasteiger charge is -2.64. The van der Waals surface area contributed by atoms with Crippen LogP contribution in [0.1, 0.15) is 100.0 Å². The molecule has 45 heavy (non-hydrogen) atoms. The minimum atomic E-state index is -0.846. The Labute approximate surface area is 270 Å². The first-order valence-corrected chi connectivity index (χ1v) is 17.0. The molecule has 3 saturated carbocycles. The van der Waals surface area contributed by atoms with Crippen molar-refractivity contribution in [2.24, 2.45) is 35.0 Å². The molecular weight excluding hydrogens is 569 g/mol. The maximum atomic E-state index is 13.9. The molecule has 10 heteroatoms. The summed E-state index contributed by atoms with van der Waals surface area (Å²) in [7, 11) is -0.549. The Kier molecular flexibility index (Phi) is 11.3. The van der Waals surface area contributed by atoms with Gasteiger partial charge in [0.25, 0.3) is 0 Å². The van der Waals surface area contributed by atoms with Crippen LogP contribution in [0.15, 0.2) is 30.3 Å². The van der Waals surface area contributed by atoms with E-state index in [2.05, 4.69) is 50.6 Å². The maximum Gasteiger partial charge on any atom is 0.481 e. The lowest BCUT2D eigenvalue weighted by atomic mass is 9.43. The predicted molar refractivity (Wildman–Crippen MR) is 176 cm³/mol. The Morgan fingerprint density at radius 1 is 0.844 bits per heavy atom. The molecule has 3 N–H and O–H groups in total. The third kappa shape index (κ3) is 8.42. The first-order chi connectivity index (χ1) is 21.1. The van der Waals surface area contributed by atoms with Crippen LogP contribution in [-0.2, 0) is 30.2 Å². The largest absolute Gasteiger partial charge is 0.481 e. The molecular formula is C35H56BN3O6. The van der Waals surface area contributed by atoms with Crippen molar-refractivity contribution in [3.8, 4) is 0 Å². The van der Waals surface area contributed by atoms with E-state index in [-0.39, 0.29) is 47.4 Å². The van der Waals surface area contributed by atoms with Gasteiger partial charge in [-0.05, 0) is 79.6 Å². The standard InChI is InChI=1S/C35H56BN3O6/c1-21(2)15-26(37-31(40)27(16-22(3)4)38-33(42)43-20-24-13-11-10-12-14-24)32(41)39-30(17-23(5)6)36-44-29-19-25-18-28(34(25,7)8)35(29,9)45-36/h10-14,21-23,25-30H,15-20H2,1-9H3,(H,37,40)(H,38,42)(H,39,41)/t25-,26+,27-,28-,29-,30-,35+/m0/s1. The molecule has 9 nitrogen and oxygen atoms in total. The molecule has 1 saturated heterocycles. The van der Waals surface area contributed by atoms with Gasteiger partial charge in [-0.25, -0.2) is 4.79 Å². The molecule has 3 aliphatic carbocycles. The summed E-state index contributed by atoms with van der Waals surface area (Å²) in [5.41, 5.74) is 0.701. The molecule has 0 aromatic heterocycles. The quantitative estimate of drug-likeness (QED) is 0.230. The molecule has 1 aromatic carbocycles. The third-order valence-corrected chi connectivity index (χ3v) is 10.2. The second kappa shape index (κ2) is 14.5. The highest BCUT2D eigenvalue weighted by Gasteiger charge is 2.68. The van der Waals surface area contributed by atoms with E-state index < -0.39 is 31.2 Å². The van der Waals surface area contributed by atoms with Crippen LogP contribution in [-0.4, -0.2) is 54.8 Å². The molecule has 0 radical (unpaired) electrons. The van der Waals surface area contributed by atoms with E-state index in [1.54, 1.807) is 0 Å². The van der Waals surface area contributed by atoms with Gasteiger partial charge in [-0.1, -0.05) is 85.7 Å². The summed E-state index contributed by atoms with van der Waals surface area (Å²) in [5.74, 6) is 0.589. The van der Waals surface area contributed by atoms with Crippen LogP contribution in [0.5, 0.6) is 0 Å². The molecule has 4 aliphatic rings. The molecule has 0 spiro atoms. The Morgan fingerprint density at radius 3 is 2.00 bits per heavy atom. The summed E-state index contributed by atoms with van der Waals surface area (Å²) in [6.45, 7) is 19.2. The van der Waals surface area contributed by atoms with E-state index in [1.807, 2.05) is 58.0 Å². The highest BCUT2D eigenvalue weighted by molar-refractivity contribution is 6.48. The first kappa shape index (κ1) is 35.3. The normalized spacial score (nSPS) is 26.9. The van der Waals surface area contributed by atoms with Crippen LogP contribution in [0.3, 0.4) is 0 Å². The molecule has 0 unspecified atom stereocenters. The Bertz CT molecular complexity index is 1180. The van der Waals surface area contributed by atoms with Gasteiger partial charge in [0, 0.05) is 0 Å². The van der Waals surface area contributed by atoms with Gasteiger partial charge in [0.1, 0.15) is 18.7 Å². The minimum absolute atomic E-state index is 0.0153. The second-order valence-corrected chi connectivity index (χ2v) is 15.7. The van der Waals surface area contributed by atoms with E-state index >= 15 is 0 Å². The van der Waals surface area contributed by atoms with Gasteiger partial charge in [0.15, 0.2) is 0 Å². The van der Waals surface area contributed by atoms with Crippen molar-refractivity contribution >= 4 is 25.0 Å². The SMILES string of the molecule is CC(C)C[C@H](NC(=O)[C@@H](CC(C)C)NC(=O)[C@H](CC(C)C)NC(=O)OCc1ccccc1)B1O[C@H]2C[C@@H]3C[C@@H](C3(C)C)[C@@]2(C)O1. The number of carbonyl (C=O) groups excluding carboxylic acids is 3. The average molecular weight is 626 g/mol. The van der Waals surface area contributed by atoms with E-state index in [0.717, 1.165) is 18.4 Å². The highest BCUT2D eigenvalue weighted by Crippen LogP contribution is 2.65. The number of hydrogen-bond acceptors (Lipinski definition) is 6. The van der Waals surface area contributed by atoms with Crippen LogP contribution < -0.4 is 16.0 Å². The van der Waals surface area contributed by atoms with Crippen LogP contribution in [0.25, 0.3) is 0 Å². The van der Waals surface area contributed by atoms with Crippen molar-refractivity contribution in [2.75, 3.05) is 0 Å². The Hall–Kier alpha value is -2.59. The molecule has 3 amide bonds. The fourth-order valence-electron chi connectivity index (χ4n) is 7.69. The molecule has 1 aliphatic heterocycles. The summed E-state index contributed by atoms with van der Waals surface area (Å²) in [5, 5.41) is 8.91. The molecule has 2 bridgehead atoms. The van der Waals surface area contributed by atoms with Crippen molar-refractivity contribution in [3.05, 3.63) is 35.9 Å². The Morgan fingerprint density at radius 2 is 1.42 bits per heavy atom. The zero-order valence-electron chi connectivity index (χ0n) is 28.9.